The largest absolute Gasteiger partial charge is 0.361 e. The van der Waals surface area contributed by atoms with E-state index in [9.17, 15) is 22.4 Å². The Kier molecular flexibility index (Phi) is 4.72. The average molecular weight is 382 g/mol. The minimum absolute atomic E-state index is 0.00575. The smallest absolute Gasteiger partial charge is 0.273 e. The predicted molar refractivity (Wildman–Crippen MR) is 86.6 cm³/mol. The van der Waals surface area contributed by atoms with Crippen LogP contribution in [0.3, 0.4) is 0 Å². The van der Waals surface area contributed by atoms with E-state index in [0.29, 0.717) is 5.76 Å². The van der Waals surface area contributed by atoms with Crippen LogP contribution in [0.25, 0.3) is 0 Å². The summed E-state index contributed by atoms with van der Waals surface area (Å²) in [7, 11) is -3.47. The Labute approximate surface area is 147 Å². The standard InChI is InChI=1S/C15H15FN4O5S/c1-8-2-11(20-25-8)15(22)19-13-7-26(23,24)6-12(13)18-14(21)9-3-10(16)5-17-4-9/h2-5,12-13H,6-7H2,1H3,(H,18,21)(H,19,22)/t12-,13-/m1/s1. The molecule has 3 rings (SSSR count). The van der Waals surface area contributed by atoms with Gasteiger partial charge in [-0.25, -0.2) is 12.8 Å². The van der Waals surface area contributed by atoms with Crippen molar-refractivity contribution in [3.8, 4) is 0 Å². The number of nitrogens with zero attached hydrogens (tertiary/aromatic N) is 2. The second-order valence-electron chi connectivity index (χ2n) is 5.95. The molecule has 9 nitrogen and oxygen atoms in total. The van der Waals surface area contributed by atoms with E-state index in [1.54, 1.807) is 6.92 Å². The number of pyridine rings is 1. The molecule has 2 aromatic heterocycles. The fraction of sp³-hybridized carbons (Fsp3) is 0.333. The first kappa shape index (κ1) is 18.0. The van der Waals surface area contributed by atoms with Crippen LogP contribution in [0.5, 0.6) is 0 Å². The van der Waals surface area contributed by atoms with Crippen molar-refractivity contribution in [3.63, 3.8) is 0 Å². The molecule has 1 fully saturated rings. The minimum atomic E-state index is -3.47. The summed E-state index contributed by atoms with van der Waals surface area (Å²) in [6.45, 7) is 1.61. The van der Waals surface area contributed by atoms with Gasteiger partial charge in [-0.05, 0) is 13.0 Å². The molecule has 1 aliphatic heterocycles. The first-order chi connectivity index (χ1) is 12.2. The maximum absolute atomic E-state index is 13.2. The van der Waals surface area contributed by atoms with E-state index in [2.05, 4.69) is 20.8 Å². The third-order valence-corrected chi connectivity index (χ3v) is 5.55. The monoisotopic (exact) mass is 382 g/mol. The highest BCUT2D eigenvalue weighted by atomic mass is 32.2. The number of aromatic nitrogens is 2. The molecule has 3 heterocycles. The lowest BCUT2D eigenvalue weighted by Gasteiger charge is -2.20. The Hall–Kier alpha value is -2.82. The van der Waals surface area contributed by atoms with Gasteiger partial charge < -0.3 is 15.2 Å². The van der Waals surface area contributed by atoms with Crippen molar-refractivity contribution in [3.05, 3.63) is 47.4 Å². The highest BCUT2D eigenvalue weighted by Crippen LogP contribution is 2.15. The molecule has 0 bridgehead atoms. The summed E-state index contributed by atoms with van der Waals surface area (Å²) in [6.07, 6.45) is 2.10. The minimum Gasteiger partial charge on any atom is -0.361 e. The molecule has 138 valence electrons. The number of nitrogens with one attached hydrogen (secondary N) is 2. The lowest BCUT2D eigenvalue weighted by molar-refractivity contribution is 0.0891. The molecule has 2 atom stereocenters. The summed E-state index contributed by atoms with van der Waals surface area (Å²) in [6, 6.07) is 0.671. The van der Waals surface area contributed by atoms with Gasteiger partial charge in [0.2, 0.25) is 0 Å². The van der Waals surface area contributed by atoms with E-state index in [0.717, 1.165) is 18.5 Å². The van der Waals surface area contributed by atoms with Gasteiger partial charge >= 0.3 is 0 Å². The van der Waals surface area contributed by atoms with Crippen molar-refractivity contribution >= 4 is 21.7 Å². The zero-order valence-corrected chi connectivity index (χ0v) is 14.4. The maximum Gasteiger partial charge on any atom is 0.273 e. The normalized spacial score (nSPS) is 21.3. The Morgan fingerprint density at radius 3 is 2.38 bits per heavy atom. The molecule has 0 unspecified atom stereocenters. The van der Waals surface area contributed by atoms with Crippen LogP contribution in [0.1, 0.15) is 26.6 Å². The van der Waals surface area contributed by atoms with Crippen LogP contribution in [-0.4, -0.2) is 54.0 Å². The maximum atomic E-state index is 13.2. The van der Waals surface area contributed by atoms with Gasteiger partial charge in [0.1, 0.15) is 11.6 Å². The number of hydrogen-bond donors (Lipinski definition) is 2. The zero-order chi connectivity index (χ0) is 18.9. The van der Waals surface area contributed by atoms with Crippen molar-refractivity contribution in [2.75, 3.05) is 11.5 Å². The zero-order valence-electron chi connectivity index (χ0n) is 13.6. The number of hydrogen-bond acceptors (Lipinski definition) is 7. The number of halogens is 1. The molecule has 11 heteroatoms. The quantitative estimate of drug-likeness (QED) is 0.751. The van der Waals surface area contributed by atoms with Crippen LogP contribution >= 0.6 is 0 Å². The van der Waals surface area contributed by atoms with Gasteiger partial charge in [0.05, 0.1) is 35.3 Å². The lowest BCUT2D eigenvalue weighted by atomic mass is 10.1. The summed E-state index contributed by atoms with van der Waals surface area (Å²) < 4.78 is 41.9. The third-order valence-electron chi connectivity index (χ3n) is 3.81. The van der Waals surface area contributed by atoms with Gasteiger partial charge in [-0.15, -0.1) is 0 Å². The van der Waals surface area contributed by atoms with Crippen molar-refractivity contribution in [2.24, 2.45) is 0 Å². The molecule has 1 aliphatic rings. The third kappa shape index (κ3) is 4.04. The van der Waals surface area contributed by atoms with Crippen LogP contribution in [0.2, 0.25) is 0 Å². The summed E-state index contributed by atoms with van der Waals surface area (Å²) in [5, 5.41) is 8.61. The molecule has 2 aromatic rings. The summed E-state index contributed by atoms with van der Waals surface area (Å²) in [5.41, 5.74) is -0.0438. The summed E-state index contributed by atoms with van der Waals surface area (Å²) in [5.74, 6) is -2.24. The highest BCUT2D eigenvalue weighted by molar-refractivity contribution is 7.91. The van der Waals surface area contributed by atoms with E-state index >= 15 is 0 Å². The number of carbonyl (C=O) groups excluding carboxylic acids is 2. The van der Waals surface area contributed by atoms with E-state index in [4.69, 9.17) is 4.52 Å². The number of amides is 2. The second kappa shape index (κ2) is 6.83. The fourth-order valence-electron chi connectivity index (χ4n) is 2.64. The van der Waals surface area contributed by atoms with E-state index < -0.39 is 39.6 Å². The molecular weight excluding hydrogens is 367 g/mol. The van der Waals surface area contributed by atoms with Crippen molar-refractivity contribution in [1.29, 1.82) is 0 Å². The van der Waals surface area contributed by atoms with Crippen molar-refractivity contribution < 1.29 is 26.9 Å². The van der Waals surface area contributed by atoms with Gasteiger partial charge in [-0.3, -0.25) is 14.6 Å². The number of aryl methyl sites for hydroxylation is 1. The van der Waals surface area contributed by atoms with Gasteiger partial charge in [-0.2, -0.15) is 0 Å². The lowest BCUT2D eigenvalue weighted by Crippen LogP contribution is -2.51. The van der Waals surface area contributed by atoms with Crippen molar-refractivity contribution in [2.45, 2.75) is 19.0 Å². The molecular formula is C15H15FN4O5S. The number of carbonyl (C=O) groups is 2. The van der Waals surface area contributed by atoms with Crippen molar-refractivity contribution in [1.82, 2.24) is 20.8 Å². The number of sulfone groups is 1. The molecule has 0 aliphatic carbocycles. The Balaban J connectivity index is 1.73. The van der Waals surface area contributed by atoms with E-state index in [1.807, 2.05) is 0 Å². The molecule has 1 saturated heterocycles. The summed E-state index contributed by atoms with van der Waals surface area (Å²) >= 11 is 0. The van der Waals surface area contributed by atoms with Gasteiger partial charge in [0.15, 0.2) is 15.5 Å². The molecule has 0 aromatic carbocycles. The molecule has 2 amide bonds. The molecule has 0 radical (unpaired) electrons. The molecule has 0 saturated carbocycles. The Bertz CT molecular complexity index is 958. The SMILES string of the molecule is Cc1cc(C(=O)N[C@@H]2CS(=O)(=O)C[C@H]2NC(=O)c2cncc(F)c2)no1. The van der Waals surface area contributed by atoms with E-state index in [-0.39, 0.29) is 22.8 Å². The highest BCUT2D eigenvalue weighted by Gasteiger charge is 2.40. The van der Waals surface area contributed by atoms with Gasteiger partial charge in [-0.1, -0.05) is 5.16 Å². The van der Waals surface area contributed by atoms with Crippen LogP contribution in [0.15, 0.2) is 29.0 Å². The Morgan fingerprint density at radius 1 is 1.15 bits per heavy atom. The molecule has 26 heavy (non-hydrogen) atoms. The average Bonchev–Trinajstić information content (AvgIpc) is 3.10. The summed E-state index contributed by atoms with van der Waals surface area (Å²) in [4.78, 5) is 28.0. The first-order valence-electron chi connectivity index (χ1n) is 7.59. The Morgan fingerprint density at radius 2 is 1.81 bits per heavy atom. The second-order valence-corrected chi connectivity index (χ2v) is 8.11. The van der Waals surface area contributed by atoms with Gasteiger partial charge in [0, 0.05) is 12.3 Å². The first-order valence-corrected chi connectivity index (χ1v) is 9.42. The van der Waals surface area contributed by atoms with Gasteiger partial charge in [0.25, 0.3) is 11.8 Å². The predicted octanol–water partition coefficient (Wildman–Crippen LogP) is -0.157. The van der Waals surface area contributed by atoms with Crippen LogP contribution < -0.4 is 10.6 Å². The topological polar surface area (TPSA) is 131 Å². The van der Waals surface area contributed by atoms with Crippen LogP contribution in [-0.2, 0) is 9.84 Å². The van der Waals surface area contributed by atoms with Crippen LogP contribution in [0.4, 0.5) is 4.39 Å². The fourth-order valence-corrected chi connectivity index (χ4v) is 4.50. The number of rotatable bonds is 4. The van der Waals surface area contributed by atoms with E-state index in [1.165, 1.54) is 6.07 Å². The van der Waals surface area contributed by atoms with Crippen LogP contribution in [0, 0.1) is 12.7 Å². The molecule has 0 spiro atoms. The molecule has 2 N–H and O–H groups in total.